The molecule has 3 unspecified atom stereocenters. The second kappa shape index (κ2) is 8.11. The van der Waals surface area contributed by atoms with Crippen LogP contribution in [0.25, 0.3) is 0 Å². The number of benzene rings is 2. The van der Waals surface area contributed by atoms with E-state index in [0.717, 1.165) is 56.4 Å². The first kappa shape index (κ1) is 20.2. The highest BCUT2D eigenvalue weighted by Gasteiger charge is 2.58. The Hall–Kier alpha value is -2.68. The summed E-state index contributed by atoms with van der Waals surface area (Å²) in [6.45, 7) is 2.61. The van der Waals surface area contributed by atoms with Crippen LogP contribution in [0, 0.1) is 29.1 Å². The van der Waals surface area contributed by atoms with E-state index < -0.39 is 5.60 Å². The van der Waals surface area contributed by atoms with Gasteiger partial charge in [0.15, 0.2) is 5.60 Å². The van der Waals surface area contributed by atoms with Crippen molar-refractivity contribution in [3.05, 3.63) is 71.3 Å². The summed E-state index contributed by atoms with van der Waals surface area (Å²) in [5, 5.41) is 24.2. The first-order chi connectivity index (χ1) is 15.1. The van der Waals surface area contributed by atoms with Crippen molar-refractivity contribution < 1.29 is 9.90 Å². The molecule has 2 aromatic carbocycles. The summed E-state index contributed by atoms with van der Waals surface area (Å²) in [5.41, 5.74) is 1.06. The maximum Gasteiger partial charge on any atom is 0.257 e. The molecule has 2 N–H and O–H groups in total. The highest BCUT2D eigenvalue weighted by molar-refractivity contribution is 5.87. The quantitative estimate of drug-likeness (QED) is 0.760. The summed E-state index contributed by atoms with van der Waals surface area (Å²) < 4.78 is 0. The Morgan fingerprint density at radius 2 is 1.71 bits per heavy atom. The average Bonchev–Trinajstić information content (AvgIpc) is 3.21. The van der Waals surface area contributed by atoms with Gasteiger partial charge in [-0.25, -0.2) is 0 Å². The van der Waals surface area contributed by atoms with Crippen LogP contribution >= 0.6 is 0 Å². The van der Waals surface area contributed by atoms with Crippen LogP contribution in [0.2, 0.25) is 0 Å². The smallest absolute Gasteiger partial charge is 0.257 e. The molecule has 2 aliphatic carbocycles. The fourth-order valence-electron chi connectivity index (χ4n) is 5.81. The number of aliphatic hydroxyl groups is 1. The summed E-state index contributed by atoms with van der Waals surface area (Å²) in [4.78, 5) is 15.7. The van der Waals surface area contributed by atoms with Crippen LogP contribution in [0.5, 0.6) is 0 Å². The highest BCUT2D eigenvalue weighted by Crippen LogP contribution is 2.47. The normalized spacial score (nSPS) is 27.3. The second-order valence-electron chi connectivity index (χ2n) is 9.40. The van der Waals surface area contributed by atoms with Gasteiger partial charge in [-0.1, -0.05) is 61.4 Å². The zero-order valence-corrected chi connectivity index (χ0v) is 17.7. The molecular formula is C26H29N3O2. The third kappa shape index (κ3) is 3.64. The van der Waals surface area contributed by atoms with E-state index in [0.29, 0.717) is 17.4 Å². The zero-order chi connectivity index (χ0) is 21.4. The molecular weight excluding hydrogens is 386 g/mol. The lowest BCUT2D eigenvalue weighted by atomic mass is 9.79. The van der Waals surface area contributed by atoms with E-state index in [-0.39, 0.29) is 17.9 Å². The van der Waals surface area contributed by atoms with Gasteiger partial charge in [-0.05, 0) is 41.9 Å². The van der Waals surface area contributed by atoms with Crippen molar-refractivity contribution in [1.29, 1.82) is 5.26 Å². The molecule has 31 heavy (non-hydrogen) atoms. The number of nitrogens with one attached hydrogen (secondary N) is 1. The largest absolute Gasteiger partial charge is 0.375 e. The molecule has 3 aliphatic rings. The van der Waals surface area contributed by atoms with Gasteiger partial charge in [0.2, 0.25) is 0 Å². The lowest BCUT2D eigenvalue weighted by molar-refractivity contribution is -0.147. The van der Waals surface area contributed by atoms with E-state index in [4.69, 9.17) is 0 Å². The molecule has 5 heteroatoms. The van der Waals surface area contributed by atoms with Gasteiger partial charge < -0.3 is 10.4 Å². The summed E-state index contributed by atoms with van der Waals surface area (Å²) in [6, 6.07) is 19.6. The van der Waals surface area contributed by atoms with Gasteiger partial charge in [0.05, 0.1) is 11.6 Å². The third-order valence-electron chi connectivity index (χ3n) is 7.61. The van der Waals surface area contributed by atoms with Crippen molar-refractivity contribution in [3.8, 4) is 6.07 Å². The van der Waals surface area contributed by atoms with Crippen LogP contribution in [0.1, 0.15) is 42.4 Å². The number of likely N-dealkylation sites (tertiary alicyclic amines) is 1. The van der Waals surface area contributed by atoms with Gasteiger partial charge >= 0.3 is 0 Å². The third-order valence-corrected chi connectivity index (χ3v) is 7.61. The Balaban J connectivity index is 1.24. The molecule has 3 fully saturated rings. The van der Waals surface area contributed by atoms with E-state index in [1.165, 1.54) is 0 Å². The lowest BCUT2D eigenvalue weighted by Crippen LogP contribution is -2.50. The topological polar surface area (TPSA) is 76.4 Å². The number of hydrogen-bond acceptors (Lipinski definition) is 4. The fourth-order valence-corrected chi connectivity index (χ4v) is 5.81. The zero-order valence-electron chi connectivity index (χ0n) is 17.7. The SMILES string of the molecule is N#Cc1ccccc1CN1CC2C(C1)C2NC(=O)C(O)(c1ccccc1)C1CCCC1. The Morgan fingerprint density at radius 3 is 2.39 bits per heavy atom. The number of carbonyl (C=O) groups is 1. The van der Waals surface area contributed by atoms with Crippen LogP contribution in [-0.2, 0) is 16.9 Å². The molecule has 1 aliphatic heterocycles. The first-order valence-corrected chi connectivity index (χ1v) is 11.4. The second-order valence-corrected chi connectivity index (χ2v) is 9.40. The van der Waals surface area contributed by atoms with Crippen molar-refractivity contribution in [3.63, 3.8) is 0 Å². The highest BCUT2D eigenvalue weighted by atomic mass is 16.3. The molecule has 0 radical (unpaired) electrons. The Bertz CT molecular complexity index is 983. The van der Waals surface area contributed by atoms with Crippen molar-refractivity contribution in [2.24, 2.45) is 17.8 Å². The Labute approximate surface area is 183 Å². The molecule has 2 aromatic rings. The van der Waals surface area contributed by atoms with Crippen molar-refractivity contribution >= 4 is 5.91 Å². The predicted octanol–water partition coefficient (Wildman–Crippen LogP) is 3.18. The van der Waals surface area contributed by atoms with Gasteiger partial charge in [-0.15, -0.1) is 0 Å². The van der Waals surface area contributed by atoms with Crippen molar-refractivity contribution in [2.45, 2.75) is 43.9 Å². The van der Waals surface area contributed by atoms with Crippen LogP contribution in [0.3, 0.4) is 0 Å². The Kier molecular flexibility index (Phi) is 5.29. The van der Waals surface area contributed by atoms with Gasteiger partial charge in [-0.2, -0.15) is 5.26 Å². The monoisotopic (exact) mass is 415 g/mol. The summed E-state index contributed by atoms with van der Waals surface area (Å²) >= 11 is 0. The van der Waals surface area contributed by atoms with Crippen LogP contribution in [0.15, 0.2) is 54.6 Å². The number of hydrogen-bond donors (Lipinski definition) is 2. The van der Waals surface area contributed by atoms with Gasteiger partial charge in [0.25, 0.3) is 5.91 Å². The molecule has 0 aromatic heterocycles. The average molecular weight is 416 g/mol. The summed E-state index contributed by atoms with van der Waals surface area (Å²) in [6.07, 6.45) is 3.92. The number of rotatable bonds is 6. The molecule has 5 rings (SSSR count). The standard InChI is InChI=1S/C26H29N3O2/c27-14-18-8-4-5-9-19(18)15-29-16-22-23(17-29)24(22)28-25(30)26(31,21-12-6-7-13-21)20-10-2-1-3-11-20/h1-5,8-11,21-24,31H,6-7,12-13,15-17H2,(H,28,30). The number of fused-ring (bicyclic) bond motifs is 1. The van der Waals surface area contributed by atoms with E-state index in [2.05, 4.69) is 16.3 Å². The molecule has 160 valence electrons. The molecule has 1 saturated heterocycles. The van der Waals surface area contributed by atoms with Crippen LogP contribution < -0.4 is 5.32 Å². The number of amides is 1. The molecule has 5 nitrogen and oxygen atoms in total. The number of nitriles is 1. The predicted molar refractivity (Wildman–Crippen MR) is 118 cm³/mol. The number of nitrogens with zero attached hydrogens (tertiary/aromatic N) is 2. The van der Waals surface area contributed by atoms with E-state index in [1.54, 1.807) is 0 Å². The first-order valence-electron chi connectivity index (χ1n) is 11.4. The molecule has 0 bridgehead atoms. The fraction of sp³-hybridized carbons (Fsp3) is 0.462. The van der Waals surface area contributed by atoms with Gasteiger partial charge in [0, 0.05) is 31.6 Å². The maximum absolute atomic E-state index is 13.4. The minimum Gasteiger partial charge on any atom is -0.375 e. The van der Waals surface area contributed by atoms with E-state index >= 15 is 0 Å². The van der Waals surface area contributed by atoms with Crippen LogP contribution in [0.4, 0.5) is 0 Å². The molecule has 1 heterocycles. The molecule has 0 spiro atoms. The van der Waals surface area contributed by atoms with Gasteiger partial charge in [0.1, 0.15) is 0 Å². The number of piperidine rings is 1. The van der Waals surface area contributed by atoms with Crippen LogP contribution in [-0.4, -0.2) is 35.0 Å². The minimum atomic E-state index is -1.44. The maximum atomic E-state index is 13.4. The lowest BCUT2D eigenvalue weighted by Gasteiger charge is -2.33. The molecule has 2 saturated carbocycles. The van der Waals surface area contributed by atoms with Crippen molar-refractivity contribution in [2.75, 3.05) is 13.1 Å². The van der Waals surface area contributed by atoms with E-state index in [9.17, 15) is 15.2 Å². The van der Waals surface area contributed by atoms with Crippen molar-refractivity contribution in [1.82, 2.24) is 10.2 Å². The van der Waals surface area contributed by atoms with E-state index in [1.807, 2.05) is 54.6 Å². The number of carbonyl (C=O) groups excluding carboxylic acids is 1. The molecule has 3 atom stereocenters. The summed E-state index contributed by atoms with van der Waals surface area (Å²) in [7, 11) is 0. The summed E-state index contributed by atoms with van der Waals surface area (Å²) in [5.74, 6) is 0.613. The minimum absolute atomic E-state index is 0.0209. The molecule has 1 amide bonds. The van der Waals surface area contributed by atoms with Gasteiger partial charge in [-0.3, -0.25) is 9.69 Å². The Morgan fingerprint density at radius 1 is 1.06 bits per heavy atom.